The fourth-order valence-corrected chi connectivity index (χ4v) is 2.17. The number of nitrogens with one attached hydrogen (secondary N) is 1. The molecule has 0 aliphatic carbocycles. The van der Waals surface area contributed by atoms with Gasteiger partial charge in [-0.2, -0.15) is 0 Å². The van der Waals surface area contributed by atoms with Gasteiger partial charge in [-0.1, -0.05) is 19.1 Å². The lowest BCUT2D eigenvalue weighted by atomic mass is 9.92. The first-order valence-electron chi connectivity index (χ1n) is 5.57. The van der Waals surface area contributed by atoms with Crippen LogP contribution in [0.15, 0.2) is 24.4 Å². The van der Waals surface area contributed by atoms with E-state index in [9.17, 15) is 4.79 Å². The number of carboxylic acids is 1. The van der Waals surface area contributed by atoms with E-state index in [1.54, 1.807) is 0 Å². The summed E-state index contributed by atoms with van der Waals surface area (Å²) in [7, 11) is 0. The van der Waals surface area contributed by atoms with E-state index in [2.05, 4.69) is 4.98 Å². The highest BCUT2D eigenvalue weighted by Gasteiger charge is 2.24. The van der Waals surface area contributed by atoms with E-state index in [0.29, 0.717) is 0 Å². The number of H-pyrrole nitrogens is 1. The standard InChI is InChI=1S/C13H16N2O2/c1-7-4-3-5-10-11(7)9(6-15-10)8(2)12(14)13(16)17/h3-6,8,12,15H,14H2,1-2H3,(H,16,17). The Morgan fingerprint density at radius 1 is 1.47 bits per heavy atom. The highest BCUT2D eigenvalue weighted by Crippen LogP contribution is 2.29. The maximum absolute atomic E-state index is 10.9. The van der Waals surface area contributed by atoms with E-state index in [4.69, 9.17) is 10.8 Å². The molecule has 17 heavy (non-hydrogen) atoms. The van der Waals surface area contributed by atoms with Crippen molar-refractivity contribution in [3.05, 3.63) is 35.5 Å². The van der Waals surface area contributed by atoms with E-state index < -0.39 is 12.0 Å². The van der Waals surface area contributed by atoms with Crippen LogP contribution in [0.25, 0.3) is 10.9 Å². The highest BCUT2D eigenvalue weighted by atomic mass is 16.4. The average molecular weight is 232 g/mol. The monoisotopic (exact) mass is 232 g/mol. The van der Waals surface area contributed by atoms with Crippen LogP contribution in [0.5, 0.6) is 0 Å². The van der Waals surface area contributed by atoms with Gasteiger partial charge in [-0.15, -0.1) is 0 Å². The van der Waals surface area contributed by atoms with Crippen LogP contribution in [0.2, 0.25) is 0 Å². The third-order valence-electron chi connectivity index (χ3n) is 3.26. The Kier molecular flexibility index (Phi) is 2.90. The zero-order chi connectivity index (χ0) is 12.6. The summed E-state index contributed by atoms with van der Waals surface area (Å²) in [4.78, 5) is 14.1. The zero-order valence-electron chi connectivity index (χ0n) is 9.90. The van der Waals surface area contributed by atoms with Crippen molar-refractivity contribution in [2.24, 2.45) is 5.73 Å². The second-order valence-corrected chi connectivity index (χ2v) is 4.39. The number of hydrogen-bond acceptors (Lipinski definition) is 2. The van der Waals surface area contributed by atoms with Crippen LogP contribution in [0.3, 0.4) is 0 Å². The number of aromatic nitrogens is 1. The first-order valence-corrected chi connectivity index (χ1v) is 5.57. The Bertz CT molecular complexity index is 560. The molecule has 1 aromatic carbocycles. The minimum absolute atomic E-state index is 0.220. The van der Waals surface area contributed by atoms with Gasteiger partial charge in [0.1, 0.15) is 6.04 Å². The molecule has 0 amide bonds. The summed E-state index contributed by atoms with van der Waals surface area (Å²) < 4.78 is 0. The number of aliphatic carboxylic acids is 1. The van der Waals surface area contributed by atoms with Gasteiger partial charge in [0.25, 0.3) is 0 Å². The number of carboxylic acid groups (broad SMARTS) is 1. The summed E-state index contributed by atoms with van der Waals surface area (Å²) in [6.45, 7) is 3.85. The van der Waals surface area contributed by atoms with Gasteiger partial charge in [0.2, 0.25) is 0 Å². The fraction of sp³-hybridized carbons (Fsp3) is 0.308. The van der Waals surface area contributed by atoms with Crippen molar-refractivity contribution in [3.63, 3.8) is 0 Å². The molecule has 0 aliphatic rings. The molecule has 4 N–H and O–H groups in total. The number of aryl methyl sites for hydroxylation is 1. The van der Waals surface area contributed by atoms with E-state index in [0.717, 1.165) is 22.0 Å². The molecule has 0 saturated heterocycles. The van der Waals surface area contributed by atoms with E-state index in [-0.39, 0.29) is 5.92 Å². The van der Waals surface area contributed by atoms with Crippen molar-refractivity contribution in [3.8, 4) is 0 Å². The number of nitrogens with two attached hydrogens (primary N) is 1. The van der Waals surface area contributed by atoms with Crippen LogP contribution in [0, 0.1) is 6.92 Å². The lowest BCUT2D eigenvalue weighted by Crippen LogP contribution is -2.35. The average Bonchev–Trinajstić information content (AvgIpc) is 2.72. The summed E-state index contributed by atoms with van der Waals surface area (Å²) in [5, 5.41) is 10.0. The fourth-order valence-electron chi connectivity index (χ4n) is 2.17. The van der Waals surface area contributed by atoms with Gasteiger partial charge in [-0.3, -0.25) is 4.79 Å². The molecule has 2 rings (SSSR count). The smallest absolute Gasteiger partial charge is 0.321 e. The van der Waals surface area contributed by atoms with Gasteiger partial charge < -0.3 is 15.8 Å². The zero-order valence-corrected chi connectivity index (χ0v) is 9.90. The predicted octanol–water partition coefficient (Wildman–Crippen LogP) is 1.99. The molecule has 1 aromatic heterocycles. The first-order chi connectivity index (χ1) is 8.02. The van der Waals surface area contributed by atoms with Crippen LogP contribution in [0.4, 0.5) is 0 Å². The van der Waals surface area contributed by atoms with Gasteiger partial charge in [-0.25, -0.2) is 0 Å². The second kappa shape index (κ2) is 4.22. The third kappa shape index (κ3) is 1.91. The Balaban J connectivity index is 2.52. The first kappa shape index (κ1) is 11.7. The summed E-state index contributed by atoms with van der Waals surface area (Å²) in [6, 6.07) is 5.08. The summed E-state index contributed by atoms with van der Waals surface area (Å²) in [5.41, 5.74) is 8.79. The molecule has 0 radical (unpaired) electrons. The summed E-state index contributed by atoms with van der Waals surface area (Å²) >= 11 is 0. The Hall–Kier alpha value is -1.81. The van der Waals surface area contributed by atoms with E-state index >= 15 is 0 Å². The molecule has 0 spiro atoms. The maximum atomic E-state index is 10.9. The molecule has 0 saturated carbocycles. The molecular formula is C13H16N2O2. The molecule has 4 nitrogen and oxygen atoms in total. The number of rotatable bonds is 3. The van der Waals surface area contributed by atoms with Crippen LogP contribution in [-0.4, -0.2) is 22.1 Å². The number of hydrogen-bond donors (Lipinski definition) is 3. The van der Waals surface area contributed by atoms with Crippen molar-refractivity contribution in [2.45, 2.75) is 25.8 Å². The van der Waals surface area contributed by atoms with Crippen LogP contribution < -0.4 is 5.73 Å². The lowest BCUT2D eigenvalue weighted by molar-refractivity contribution is -0.138. The second-order valence-electron chi connectivity index (χ2n) is 4.39. The van der Waals surface area contributed by atoms with Crippen molar-refractivity contribution < 1.29 is 9.90 Å². The minimum atomic E-state index is -0.972. The number of benzene rings is 1. The summed E-state index contributed by atoms with van der Waals surface area (Å²) in [5.74, 6) is -1.19. The maximum Gasteiger partial charge on any atom is 0.321 e. The molecule has 2 aromatic rings. The SMILES string of the molecule is Cc1cccc2[nH]cc(C(C)C(N)C(=O)O)c12. The van der Waals surface area contributed by atoms with Crippen molar-refractivity contribution in [2.75, 3.05) is 0 Å². The molecule has 90 valence electrons. The van der Waals surface area contributed by atoms with Gasteiger partial charge >= 0.3 is 5.97 Å². The van der Waals surface area contributed by atoms with Crippen LogP contribution in [0.1, 0.15) is 24.0 Å². The van der Waals surface area contributed by atoms with E-state index in [1.807, 2.05) is 38.2 Å². The normalized spacial score (nSPS) is 14.8. The molecule has 0 bridgehead atoms. The number of fused-ring (bicyclic) bond motifs is 1. The summed E-state index contributed by atoms with van der Waals surface area (Å²) in [6.07, 6.45) is 1.85. The topological polar surface area (TPSA) is 79.1 Å². The molecule has 4 heteroatoms. The van der Waals surface area contributed by atoms with Crippen molar-refractivity contribution in [1.29, 1.82) is 0 Å². The van der Waals surface area contributed by atoms with E-state index in [1.165, 1.54) is 0 Å². The molecule has 0 aliphatic heterocycles. The quantitative estimate of drug-likeness (QED) is 0.757. The predicted molar refractivity (Wildman–Crippen MR) is 67.1 cm³/mol. The van der Waals surface area contributed by atoms with Gasteiger partial charge in [-0.05, 0) is 24.1 Å². The molecule has 2 atom stereocenters. The third-order valence-corrected chi connectivity index (χ3v) is 3.26. The Morgan fingerprint density at radius 3 is 2.82 bits per heavy atom. The van der Waals surface area contributed by atoms with Crippen LogP contribution in [-0.2, 0) is 4.79 Å². The highest BCUT2D eigenvalue weighted by molar-refractivity contribution is 5.88. The van der Waals surface area contributed by atoms with Gasteiger partial charge in [0.05, 0.1) is 0 Å². The Morgan fingerprint density at radius 2 is 2.18 bits per heavy atom. The molecular weight excluding hydrogens is 216 g/mol. The molecule has 0 fully saturated rings. The Labute approximate surface area is 99.4 Å². The van der Waals surface area contributed by atoms with Gasteiger partial charge in [0.15, 0.2) is 0 Å². The number of aromatic amines is 1. The largest absolute Gasteiger partial charge is 0.480 e. The van der Waals surface area contributed by atoms with Crippen LogP contribution >= 0.6 is 0 Å². The van der Waals surface area contributed by atoms with Crippen molar-refractivity contribution >= 4 is 16.9 Å². The lowest BCUT2D eigenvalue weighted by Gasteiger charge is -2.15. The number of carbonyl (C=O) groups is 1. The minimum Gasteiger partial charge on any atom is -0.480 e. The van der Waals surface area contributed by atoms with Crippen molar-refractivity contribution in [1.82, 2.24) is 4.98 Å². The molecule has 1 heterocycles. The van der Waals surface area contributed by atoms with Gasteiger partial charge in [0, 0.05) is 23.0 Å². The molecule has 2 unspecified atom stereocenters.